The van der Waals surface area contributed by atoms with Gasteiger partial charge in [-0.1, -0.05) is 17.7 Å². The largest absolute Gasteiger partial charge is 0.333 e. The first-order chi connectivity index (χ1) is 9.00. The Morgan fingerprint density at radius 3 is 2.11 bits per heavy atom. The second-order valence-electron chi connectivity index (χ2n) is 5.15. The van der Waals surface area contributed by atoms with Crippen molar-refractivity contribution in [3.8, 4) is 0 Å². The van der Waals surface area contributed by atoms with Crippen LogP contribution in [-0.4, -0.2) is 42.8 Å². The Balaban J connectivity index is 2.26. The van der Waals surface area contributed by atoms with Crippen LogP contribution >= 0.6 is 0 Å². The lowest BCUT2D eigenvalue weighted by Crippen LogP contribution is -2.48. The van der Waals surface area contributed by atoms with E-state index in [4.69, 9.17) is 0 Å². The molecule has 1 heterocycles. The van der Waals surface area contributed by atoms with Gasteiger partial charge in [-0.05, 0) is 31.9 Å². The van der Waals surface area contributed by atoms with Gasteiger partial charge in [-0.15, -0.1) is 0 Å². The Hall–Kier alpha value is -1.68. The molecule has 1 amide bonds. The molecule has 1 aromatic rings. The number of nitrogens with zero attached hydrogens (tertiary/aromatic N) is 1. The van der Waals surface area contributed by atoms with Crippen molar-refractivity contribution in [1.29, 1.82) is 0 Å². The van der Waals surface area contributed by atoms with E-state index in [9.17, 15) is 9.59 Å². The second kappa shape index (κ2) is 5.53. The van der Waals surface area contributed by atoms with E-state index in [0.717, 1.165) is 29.8 Å². The molecule has 19 heavy (non-hydrogen) atoms. The highest BCUT2D eigenvalue weighted by Crippen LogP contribution is 2.18. The summed E-state index contributed by atoms with van der Waals surface area (Å²) < 4.78 is 0. The summed E-state index contributed by atoms with van der Waals surface area (Å²) in [6.45, 7) is 8.49. The quantitative estimate of drug-likeness (QED) is 0.642. The lowest BCUT2D eigenvalue weighted by molar-refractivity contribution is -0.127. The SMILES string of the molecule is Cc1cc(C)c(C(=O)C(=O)N2CCNCC2)c(C)c1. The molecule has 102 valence electrons. The summed E-state index contributed by atoms with van der Waals surface area (Å²) in [4.78, 5) is 26.3. The van der Waals surface area contributed by atoms with Crippen molar-refractivity contribution in [2.45, 2.75) is 20.8 Å². The molecule has 4 heteroatoms. The van der Waals surface area contributed by atoms with E-state index in [1.165, 1.54) is 0 Å². The maximum atomic E-state index is 12.4. The summed E-state index contributed by atoms with van der Waals surface area (Å²) in [5, 5.41) is 3.17. The molecule has 0 radical (unpaired) electrons. The van der Waals surface area contributed by atoms with Crippen LogP contribution in [0.5, 0.6) is 0 Å². The van der Waals surface area contributed by atoms with Crippen molar-refractivity contribution in [3.05, 3.63) is 34.4 Å². The zero-order valence-corrected chi connectivity index (χ0v) is 11.7. The smallest absolute Gasteiger partial charge is 0.295 e. The first-order valence-corrected chi connectivity index (χ1v) is 6.63. The molecular formula is C15H20N2O2. The number of hydrogen-bond donors (Lipinski definition) is 1. The van der Waals surface area contributed by atoms with Crippen LogP contribution < -0.4 is 5.32 Å². The predicted octanol–water partition coefficient (Wildman–Crippen LogP) is 1.23. The standard InChI is InChI=1S/C15H20N2O2/c1-10-8-11(2)13(12(3)9-10)14(18)15(19)17-6-4-16-5-7-17/h8-9,16H,4-7H2,1-3H3. The van der Waals surface area contributed by atoms with E-state index in [2.05, 4.69) is 5.32 Å². The molecule has 0 spiro atoms. The maximum Gasteiger partial charge on any atom is 0.295 e. The van der Waals surface area contributed by atoms with Crippen molar-refractivity contribution in [2.24, 2.45) is 0 Å². The zero-order chi connectivity index (χ0) is 14.0. The van der Waals surface area contributed by atoms with Crippen LogP contribution in [0.25, 0.3) is 0 Å². The molecule has 0 aliphatic carbocycles. The Morgan fingerprint density at radius 1 is 1.05 bits per heavy atom. The lowest BCUT2D eigenvalue weighted by atomic mass is 9.96. The molecule has 2 rings (SSSR count). The minimum Gasteiger partial charge on any atom is -0.333 e. The number of aryl methyl sites for hydroxylation is 3. The highest BCUT2D eigenvalue weighted by atomic mass is 16.2. The number of nitrogens with one attached hydrogen (secondary N) is 1. The Labute approximate surface area is 113 Å². The summed E-state index contributed by atoms with van der Waals surface area (Å²) in [6.07, 6.45) is 0. The van der Waals surface area contributed by atoms with Crippen LogP contribution in [0, 0.1) is 20.8 Å². The summed E-state index contributed by atoms with van der Waals surface area (Å²) in [5.41, 5.74) is 3.44. The molecule has 4 nitrogen and oxygen atoms in total. The second-order valence-corrected chi connectivity index (χ2v) is 5.15. The van der Waals surface area contributed by atoms with E-state index >= 15 is 0 Å². The van der Waals surface area contributed by atoms with Gasteiger partial charge in [-0.2, -0.15) is 0 Å². The van der Waals surface area contributed by atoms with Gasteiger partial charge >= 0.3 is 0 Å². The molecule has 0 saturated carbocycles. The third-order valence-corrected chi connectivity index (χ3v) is 3.50. The van der Waals surface area contributed by atoms with Gasteiger partial charge in [-0.3, -0.25) is 9.59 Å². The predicted molar refractivity (Wildman–Crippen MR) is 74.4 cm³/mol. The molecule has 0 aromatic heterocycles. The van der Waals surface area contributed by atoms with Crippen molar-refractivity contribution >= 4 is 11.7 Å². The number of hydrogen-bond acceptors (Lipinski definition) is 3. The maximum absolute atomic E-state index is 12.4. The number of Topliss-reactive ketones (excluding diaryl/α,β-unsaturated/α-hetero) is 1. The van der Waals surface area contributed by atoms with Crippen molar-refractivity contribution < 1.29 is 9.59 Å². The normalized spacial score (nSPS) is 15.4. The average Bonchev–Trinajstić information content (AvgIpc) is 2.37. The zero-order valence-electron chi connectivity index (χ0n) is 11.7. The molecule has 1 aliphatic heterocycles. The Bertz CT molecular complexity index is 494. The van der Waals surface area contributed by atoms with E-state index in [-0.39, 0.29) is 11.7 Å². The van der Waals surface area contributed by atoms with Gasteiger partial charge in [0.2, 0.25) is 0 Å². The fourth-order valence-corrected chi connectivity index (χ4v) is 2.66. The molecular weight excluding hydrogens is 240 g/mol. The molecule has 1 aromatic carbocycles. The van der Waals surface area contributed by atoms with Gasteiger partial charge in [0.25, 0.3) is 11.7 Å². The van der Waals surface area contributed by atoms with Gasteiger partial charge < -0.3 is 10.2 Å². The number of carbonyl (C=O) groups is 2. The van der Waals surface area contributed by atoms with Gasteiger partial charge in [0.1, 0.15) is 0 Å². The topological polar surface area (TPSA) is 49.4 Å². The van der Waals surface area contributed by atoms with Crippen LogP contribution in [0.1, 0.15) is 27.0 Å². The molecule has 1 N–H and O–H groups in total. The Kier molecular flexibility index (Phi) is 4.00. The third-order valence-electron chi connectivity index (χ3n) is 3.50. The molecule has 0 bridgehead atoms. The van der Waals surface area contributed by atoms with Crippen LogP contribution in [-0.2, 0) is 4.79 Å². The number of benzene rings is 1. The molecule has 0 atom stereocenters. The number of ketones is 1. The number of carbonyl (C=O) groups excluding carboxylic acids is 2. The highest BCUT2D eigenvalue weighted by molar-refractivity contribution is 6.43. The van der Waals surface area contributed by atoms with Crippen LogP contribution in [0.15, 0.2) is 12.1 Å². The van der Waals surface area contributed by atoms with Crippen LogP contribution in [0.2, 0.25) is 0 Å². The van der Waals surface area contributed by atoms with Crippen molar-refractivity contribution in [1.82, 2.24) is 10.2 Å². The van der Waals surface area contributed by atoms with Gasteiger partial charge in [0.15, 0.2) is 0 Å². The first kappa shape index (κ1) is 13.7. The summed E-state index contributed by atoms with van der Waals surface area (Å²) in [7, 11) is 0. The number of amides is 1. The summed E-state index contributed by atoms with van der Waals surface area (Å²) in [6, 6.07) is 3.90. The van der Waals surface area contributed by atoms with Crippen molar-refractivity contribution in [2.75, 3.05) is 26.2 Å². The van der Waals surface area contributed by atoms with E-state index in [1.807, 2.05) is 32.9 Å². The van der Waals surface area contributed by atoms with Crippen LogP contribution in [0.3, 0.4) is 0 Å². The Morgan fingerprint density at radius 2 is 1.58 bits per heavy atom. The minimum atomic E-state index is -0.378. The minimum absolute atomic E-state index is 0.378. The fourth-order valence-electron chi connectivity index (χ4n) is 2.66. The third kappa shape index (κ3) is 2.84. The van der Waals surface area contributed by atoms with E-state index < -0.39 is 0 Å². The number of piperazine rings is 1. The molecule has 0 unspecified atom stereocenters. The van der Waals surface area contributed by atoms with Crippen molar-refractivity contribution in [3.63, 3.8) is 0 Å². The number of rotatable bonds is 2. The summed E-state index contributed by atoms with van der Waals surface area (Å²) in [5.74, 6) is -0.756. The van der Waals surface area contributed by atoms with Gasteiger partial charge in [-0.25, -0.2) is 0 Å². The fraction of sp³-hybridized carbons (Fsp3) is 0.467. The van der Waals surface area contributed by atoms with E-state index in [1.54, 1.807) is 4.90 Å². The summed E-state index contributed by atoms with van der Waals surface area (Å²) >= 11 is 0. The van der Waals surface area contributed by atoms with Crippen LogP contribution in [0.4, 0.5) is 0 Å². The average molecular weight is 260 g/mol. The molecule has 1 fully saturated rings. The lowest BCUT2D eigenvalue weighted by Gasteiger charge is -2.27. The molecule has 1 saturated heterocycles. The molecule has 1 aliphatic rings. The van der Waals surface area contributed by atoms with Gasteiger partial charge in [0, 0.05) is 31.7 Å². The monoisotopic (exact) mass is 260 g/mol. The first-order valence-electron chi connectivity index (χ1n) is 6.63. The highest BCUT2D eigenvalue weighted by Gasteiger charge is 2.26. The van der Waals surface area contributed by atoms with E-state index in [0.29, 0.717) is 18.7 Å². The van der Waals surface area contributed by atoms with Gasteiger partial charge in [0.05, 0.1) is 0 Å².